The van der Waals surface area contributed by atoms with E-state index in [4.69, 9.17) is 4.74 Å². The second-order valence-corrected chi connectivity index (χ2v) is 3.91. The van der Waals surface area contributed by atoms with Gasteiger partial charge in [-0.1, -0.05) is 20.3 Å². The van der Waals surface area contributed by atoms with E-state index in [-0.39, 0.29) is 0 Å². The first-order valence-corrected chi connectivity index (χ1v) is 5.10. The van der Waals surface area contributed by atoms with Gasteiger partial charge in [-0.15, -0.1) is 0 Å². The lowest BCUT2D eigenvalue weighted by molar-refractivity contribution is -0.0547. The summed E-state index contributed by atoms with van der Waals surface area (Å²) in [5.74, 6) is 0.699. The SMILES string of the molecule is CCCC(C)C1CNCC(C)O1. The minimum absolute atomic E-state index is 0.392. The number of nitrogens with one attached hydrogen (secondary N) is 1. The third kappa shape index (κ3) is 2.76. The van der Waals surface area contributed by atoms with Crippen molar-refractivity contribution in [2.75, 3.05) is 13.1 Å². The fourth-order valence-electron chi connectivity index (χ4n) is 1.80. The molecule has 0 bridgehead atoms. The summed E-state index contributed by atoms with van der Waals surface area (Å²) in [4.78, 5) is 0. The van der Waals surface area contributed by atoms with Crippen molar-refractivity contribution in [2.45, 2.75) is 45.8 Å². The number of hydrogen-bond donors (Lipinski definition) is 1. The van der Waals surface area contributed by atoms with Gasteiger partial charge in [-0.05, 0) is 19.3 Å². The normalized spacial score (nSPS) is 33.2. The third-order valence-electron chi connectivity index (χ3n) is 2.56. The standard InChI is InChI=1S/C10H21NO/c1-4-5-8(2)10-7-11-6-9(3)12-10/h8-11H,4-7H2,1-3H3. The van der Waals surface area contributed by atoms with Crippen LogP contribution in [0.25, 0.3) is 0 Å². The van der Waals surface area contributed by atoms with E-state index in [2.05, 4.69) is 26.1 Å². The molecular formula is C10H21NO. The molecule has 1 heterocycles. The molecule has 1 saturated heterocycles. The Morgan fingerprint density at radius 3 is 2.83 bits per heavy atom. The molecule has 2 nitrogen and oxygen atoms in total. The van der Waals surface area contributed by atoms with Gasteiger partial charge in [0.2, 0.25) is 0 Å². The van der Waals surface area contributed by atoms with Gasteiger partial charge in [0.15, 0.2) is 0 Å². The lowest BCUT2D eigenvalue weighted by atomic mass is 9.98. The zero-order valence-electron chi connectivity index (χ0n) is 8.47. The molecule has 72 valence electrons. The van der Waals surface area contributed by atoms with Gasteiger partial charge in [0.1, 0.15) is 0 Å². The maximum absolute atomic E-state index is 5.84. The first-order valence-electron chi connectivity index (χ1n) is 5.10. The van der Waals surface area contributed by atoms with Crippen molar-refractivity contribution in [3.8, 4) is 0 Å². The van der Waals surface area contributed by atoms with E-state index in [0.29, 0.717) is 18.1 Å². The zero-order valence-corrected chi connectivity index (χ0v) is 8.47. The lowest BCUT2D eigenvalue weighted by Gasteiger charge is -2.32. The summed E-state index contributed by atoms with van der Waals surface area (Å²) in [5, 5.41) is 3.40. The molecule has 2 heteroatoms. The minimum atomic E-state index is 0.392. The van der Waals surface area contributed by atoms with Crippen LogP contribution in [0.1, 0.15) is 33.6 Å². The van der Waals surface area contributed by atoms with Gasteiger partial charge in [0.05, 0.1) is 12.2 Å². The molecule has 1 aliphatic rings. The van der Waals surface area contributed by atoms with E-state index in [0.717, 1.165) is 13.1 Å². The molecule has 0 aromatic heterocycles. The highest BCUT2D eigenvalue weighted by molar-refractivity contribution is 4.75. The molecule has 1 aliphatic heterocycles. The summed E-state index contributed by atoms with van der Waals surface area (Å²) in [6, 6.07) is 0. The maximum Gasteiger partial charge on any atom is 0.0729 e. The monoisotopic (exact) mass is 171 g/mol. The van der Waals surface area contributed by atoms with Gasteiger partial charge in [-0.25, -0.2) is 0 Å². The number of morpholine rings is 1. The zero-order chi connectivity index (χ0) is 8.97. The summed E-state index contributed by atoms with van der Waals surface area (Å²) >= 11 is 0. The van der Waals surface area contributed by atoms with E-state index >= 15 is 0 Å². The van der Waals surface area contributed by atoms with Crippen LogP contribution in [0.4, 0.5) is 0 Å². The first-order chi connectivity index (χ1) is 5.74. The van der Waals surface area contributed by atoms with Crippen LogP contribution in [-0.4, -0.2) is 25.3 Å². The van der Waals surface area contributed by atoms with Gasteiger partial charge in [0.25, 0.3) is 0 Å². The quantitative estimate of drug-likeness (QED) is 0.699. The van der Waals surface area contributed by atoms with E-state index in [9.17, 15) is 0 Å². The summed E-state index contributed by atoms with van der Waals surface area (Å²) < 4.78 is 5.84. The Kier molecular flexibility index (Phi) is 4.02. The van der Waals surface area contributed by atoms with Crippen molar-refractivity contribution in [3.05, 3.63) is 0 Å². The van der Waals surface area contributed by atoms with Crippen LogP contribution in [0.2, 0.25) is 0 Å². The van der Waals surface area contributed by atoms with E-state index < -0.39 is 0 Å². The van der Waals surface area contributed by atoms with Crippen LogP contribution in [0, 0.1) is 5.92 Å². The predicted molar refractivity (Wildman–Crippen MR) is 51.3 cm³/mol. The van der Waals surface area contributed by atoms with Gasteiger partial charge >= 0.3 is 0 Å². The highest BCUT2D eigenvalue weighted by atomic mass is 16.5. The Hall–Kier alpha value is -0.0800. The second kappa shape index (κ2) is 4.83. The second-order valence-electron chi connectivity index (χ2n) is 3.91. The van der Waals surface area contributed by atoms with Crippen molar-refractivity contribution in [1.82, 2.24) is 5.32 Å². The average Bonchev–Trinajstić information content (AvgIpc) is 2.05. The maximum atomic E-state index is 5.84. The van der Waals surface area contributed by atoms with Crippen LogP contribution in [0.3, 0.4) is 0 Å². The summed E-state index contributed by atoms with van der Waals surface area (Å²) in [7, 11) is 0. The molecule has 1 rings (SSSR count). The van der Waals surface area contributed by atoms with Crippen molar-refractivity contribution < 1.29 is 4.74 Å². The molecule has 12 heavy (non-hydrogen) atoms. The van der Waals surface area contributed by atoms with Crippen molar-refractivity contribution >= 4 is 0 Å². The molecule has 0 aliphatic carbocycles. The van der Waals surface area contributed by atoms with Crippen LogP contribution in [0.5, 0.6) is 0 Å². The van der Waals surface area contributed by atoms with Crippen molar-refractivity contribution in [3.63, 3.8) is 0 Å². The van der Waals surface area contributed by atoms with Crippen molar-refractivity contribution in [2.24, 2.45) is 5.92 Å². The van der Waals surface area contributed by atoms with Gasteiger partial charge in [0, 0.05) is 13.1 Å². The fourth-order valence-corrected chi connectivity index (χ4v) is 1.80. The molecule has 3 atom stereocenters. The van der Waals surface area contributed by atoms with Gasteiger partial charge in [-0.3, -0.25) is 0 Å². The molecule has 0 aromatic rings. The number of hydrogen-bond acceptors (Lipinski definition) is 2. The summed E-state index contributed by atoms with van der Waals surface area (Å²) in [6.45, 7) is 8.70. The Balaban J connectivity index is 2.29. The minimum Gasteiger partial charge on any atom is -0.372 e. The van der Waals surface area contributed by atoms with Crippen LogP contribution >= 0.6 is 0 Å². The Labute approximate surface area is 75.7 Å². The van der Waals surface area contributed by atoms with Crippen LogP contribution < -0.4 is 5.32 Å². The Morgan fingerprint density at radius 2 is 2.25 bits per heavy atom. The molecule has 0 spiro atoms. The number of ether oxygens (including phenoxy) is 1. The van der Waals surface area contributed by atoms with Crippen LogP contribution in [-0.2, 0) is 4.74 Å². The molecular weight excluding hydrogens is 150 g/mol. The van der Waals surface area contributed by atoms with Crippen LogP contribution in [0.15, 0.2) is 0 Å². The summed E-state index contributed by atoms with van der Waals surface area (Å²) in [5.41, 5.74) is 0. The molecule has 0 amide bonds. The fraction of sp³-hybridized carbons (Fsp3) is 1.00. The largest absolute Gasteiger partial charge is 0.372 e. The Morgan fingerprint density at radius 1 is 1.50 bits per heavy atom. The molecule has 0 saturated carbocycles. The smallest absolute Gasteiger partial charge is 0.0729 e. The van der Waals surface area contributed by atoms with Gasteiger partial charge < -0.3 is 10.1 Å². The summed E-state index contributed by atoms with van der Waals surface area (Å²) in [6.07, 6.45) is 3.37. The molecule has 1 N–H and O–H groups in total. The number of rotatable bonds is 3. The topological polar surface area (TPSA) is 21.3 Å². The highest BCUT2D eigenvalue weighted by Crippen LogP contribution is 2.17. The first kappa shape index (κ1) is 10.0. The van der Waals surface area contributed by atoms with Crippen molar-refractivity contribution in [1.29, 1.82) is 0 Å². The predicted octanol–water partition coefficient (Wildman–Crippen LogP) is 1.80. The average molecular weight is 171 g/mol. The van der Waals surface area contributed by atoms with Gasteiger partial charge in [-0.2, -0.15) is 0 Å². The Bertz CT molecular complexity index is 127. The van der Waals surface area contributed by atoms with E-state index in [1.807, 2.05) is 0 Å². The molecule has 0 radical (unpaired) electrons. The lowest BCUT2D eigenvalue weighted by Crippen LogP contribution is -2.46. The van der Waals surface area contributed by atoms with E-state index in [1.54, 1.807) is 0 Å². The third-order valence-corrected chi connectivity index (χ3v) is 2.56. The highest BCUT2D eigenvalue weighted by Gasteiger charge is 2.23. The molecule has 1 fully saturated rings. The molecule has 3 unspecified atom stereocenters. The van der Waals surface area contributed by atoms with E-state index in [1.165, 1.54) is 12.8 Å². The molecule has 0 aromatic carbocycles.